The summed E-state index contributed by atoms with van der Waals surface area (Å²) < 4.78 is 0. The van der Waals surface area contributed by atoms with E-state index in [0.717, 1.165) is 18.5 Å². The molecule has 0 bridgehead atoms. The summed E-state index contributed by atoms with van der Waals surface area (Å²) in [5.41, 5.74) is 3.52. The van der Waals surface area contributed by atoms with Gasteiger partial charge in [0, 0.05) is 12.1 Å². The Morgan fingerprint density at radius 1 is 1.19 bits per heavy atom. The number of hydrogen-bond donors (Lipinski definition) is 0. The van der Waals surface area contributed by atoms with Crippen molar-refractivity contribution in [1.82, 2.24) is 4.90 Å². The van der Waals surface area contributed by atoms with Crippen LogP contribution in [0, 0.1) is 5.92 Å². The molecule has 2 atom stereocenters. The van der Waals surface area contributed by atoms with Crippen LogP contribution < -0.4 is 0 Å². The molecule has 0 saturated carbocycles. The lowest BCUT2D eigenvalue weighted by atomic mass is 9.95. The van der Waals surface area contributed by atoms with Crippen LogP contribution in [0.15, 0.2) is 41.5 Å². The Balaban J connectivity index is 2.08. The quantitative estimate of drug-likeness (QED) is 0.739. The first-order valence-corrected chi connectivity index (χ1v) is 8.09. The molecule has 2 nitrogen and oxygen atoms in total. The Hall–Kier alpha value is -1.57. The second kappa shape index (κ2) is 6.93. The molecule has 2 heteroatoms. The Morgan fingerprint density at radius 2 is 1.86 bits per heavy atom. The van der Waals surface area contributed by atoms with Gasteiger partial charge < -0.3 is 4.90 Å². The summed E-state index contributed by atoms with van der Waals surface area (Å²) in [6.07, 6.45) is 3.51. The van der Waals surface area contributed by atoms with E-state index in [-0.39, 0.29) is 11.9 Å². The molecule has 1 aliphatic rings. The summed E-state index contributed by atoms with van der Waals surface area (Å²) in [6, 6.07) is 10.4. The van der Waals surface area contributed by atoms with Gasteiger partial charge >= 0.3 is 0 Å². The van der Waals surface area contributed by atoms with Crippen molar-refractivity contribution in [1.29, 1.82) is 0 Å². The van der Waals surface area contributed by atoms with E-state index in [1.165, 1.54) is 24.0 Å². The van der Waals surface area contributed by atoms with Gasteiger partial charge in [0.25, 0.3) is 0 Å². The van der Waals surface area contributed by atoms with Crippen molar-refractivity contribution in [3.63, 3.8) is 0 Å². The van der Waals surface area contributed by atoms with Gasteiger partial charge in [-0.3, -0.25) is 4.79 Å². The minimum atomic E-state index is 0.146. The van der Waals surface area contributed by atoms with Crippen molar-refractivity contribution < 1.29 is 4.79 Å². The zero-order chi connectivity index (χ0) is 15.4. The van der Waals surface area contributed by atoms with Crippen molar-refractivity contribution >= 4 is 5.91 Å². The zero-order valence-electron chi connectivity index (χ0n) is 13.7. The summed E-state index contributed by atoms with van der Waals surface area (Å²) >= 11 is 0. The maximum atomic E-state index is 12.5. The number of benzene rings is 1. The number of rotatable bonds is 6. The van der Waals surface area contributed by atoms with Crippen LogP contribution in [0.2, 0.25) is 0 Å². The van der Waals surface area contributed by atoms with Crippen LogP contribution in [0.25, 0.3) is 0 Å². The SMILES string of the molecule is CCCC(C)CC1=C(C)C(=O)N(C(C)c2ccccc2)C1. The van der Waals surface area contributed by atoms with Crippen molar-refractivity contribution in [2.45, 2.75) is 53.0 Å². The summed E-state index contributed by atoms with van der Waals surface area (Å²) in [5.74, 6) is 0.879. The Bertz CT molecular complexity index is 518. The molecule has 1 aromatic carbocycles. The second-order valence-corrected chi connectivity index (χ2v) is 6.35. The number of amides is 1. The Kier molecular flexibility index (Phi) is 5.22. The largest absolute Gasteiger partial charge is 0.328 e. The number of nitrogens with zero attached hydrogens (tertiary/aromatic N) is 1. The monoisotopic (exact) mass is 285 g/mol. The van der Waals surface area contributed by atoms with Gasteiger partial charge in [-0.1, -0.05) is 57.0 Å². The third-order valence-electron chi connectivity index (χ3n) is 4.60. The first-order chi connectivity index (χ1) is 10.0. The van der Waals surface area contributed by atoms with Gasteiger partial charge in [0.05, 0.1) is 6.04 Å². The molecular formula is C19H27NO. The molecule has 1 aromatic rings. The molecule has 0 aliphatic carbocycles. The molecule has 114 valence electrons. The van der Waals surface area contributed by atoms with Crippen LogP contribution in [0.1, 0.15) is 58.6 Å². The standard InChI is InChI=1S/C19H27NO/c1-5-9-14(2)12-18-13-20(19(21)15(18)3)16(4)17-10-7-6-8-11-17/h6-8,10-11,14,16H,5,9,12-13H2,1-4H3. The fourth-order valence-corrected chi connectivity index (χ4v) is 3.22. The van der Waals surface area contributed by atoms with E-state index in [9.17, 15) is 4.79 Å². The number of carbonyl (C=O) groups is 1. The normalized spacial score (nSPS) is 18.3. The third kappa shape index (κ3) is 3.55. The van der Waals surface area contributed by atoms with Gasteiger partial charge in [-0.2, -0.15) is 0 Å². The minimum Gasteiger partial charge on any atom is -0.328 e. The molecule has 0 N–H and O–H groups in total. The number of hydrogen-bond acceptors (Lipinski definition) is 1. The Morgan fingerprint density at radius 3 is 2.48 bits per heavy atom. The molecule has 21 heavy (non-hydrogen) atoms. The predicted molar refractivity (Wildman–Crippen MR) is 88.0 cm³/mol. The van der Waals surface area contributed by atoms with Gasteiger partial charge in [0.2, 0.25) is 5.91 Å². The minimum absolute atomic E-state index is 0.146. The smallest absolute Gasteiger partial charge is 0.250 e. The maximum Gasteiger partial charge on any atom is 0.250 e. The summed E-state index contributed by atoms with van der Waals surface area (Å²) in [5, 5.41) is 0. The van der Waals surface area contributed by atoms with Crippen LogP contribution in [0.4, 0.5) is 0 Å². The molecular weight excluding hydrogens is 258 g/mol. The molecule has 1 aliphatic heterocycles. The van der Waals surface area contributed by atoms with E-state index in [1.807, 2.05) is 30.0 Å². The molecule has 0 fully saturated rings. The predicted octanol–water partition coefficient (Wildman–Crippen LogP) is 4.73. The van der Waals surface area contributed by atoms with Gasteiger partial charge in [0.15, 0.2) is 0 Å². The van der Waals surface area contributed by atoms with E-state index in [2.05, 4.69) is 32.9 Å². The second-order valence-electron chi connectivity index (χ2n) is 6.35. The van der Waals surface area contributed by atoms with E-state index in [1.54, 1.807) is 0 Å². The first kappa shape index (κ1) is 15.8. The first-order valence-electron chi connectivity index (χ1n) is 8.09. The lowest BCUT2D eigenvalue weighted by molar-refractivity contribution is -0.127. The topological polar surface area (TPSA) is 20.3 Å². The summed E-state index contributed by atoms with van der Waals surface area (Å²) in [6.45, 7) is 9.43. The lowest BCUT2D eigenvalue weighted by Gasteiger charge is -2.26. The molecule has 0 aromatic heterocycles. The maximum absolute atomic E-state index is 12.5. The van der Waals surface area contributed by atoms with Gasteiger partial charge in [-0.05, 0) is 37.3 Å². The van der Waals surface area contributed by atoms with Crippen LogP contribution in [-0.4, -0.2) is 17.4 Å². The fourth-order valence-electron chi connectivity index (χ4n) is 3.22. The van der Waals surface area contributed by atoms with Gasteiger partial charge in [0.1, 0.15) is 0 Å². The van der Waals surface area contributed by atoms with Crippen LogP contribution in [0.3, 0.4) is 0 Å². The summed E-state index contributed by atoms with van der Waals surface area (Å²) in [4.78, 5) is 14.6. The molecule has 0 saturated heterocycles. The highest BCUT2D eigenvalue weighted by molar-refractivity contribution is 5.96. The highest BCUT2D eigenvalue weighted by Gasteiger charge is 2.31. The lowest BCUT2D eigenvalue weighted by Crippen LogP contribution is -2.30. The molecule has 0 spiro atoms. The molecule has 2 unspecified atom stereocenters. The highest BCUT2D eigenvalue weighted by Crippen LogP contribution is 2.32. The molecule has 1 amide bonds. The van der Waals surface area contributed by atoms with Crippen molar-refractivity contribution in [3.8, 4) is 0 Å². The third-order valence-corrected chi connectivity index (χ3v) is 4.60. The molecule has 1 heterocycles. The van der Waals surface area contributed by atoms with Gasteiger partial charge in [-0.25, -0.2) is 0 Å². The van der Waals surface area contributed by atoms with Crippen LogP contribution in [-0.2, 0) is 4.79 Å². The zero-order valence-corrected chi connectivity index (χ0v) is 13.7. The molecule has 0 radical (unpaired) electrons. The van der Waals surface area contributed by atoms with Crippen LogP contribution in [0.5, 0.6) is 0 Å². The highest BCUT2D eigenvalue weighted by atomic mass is 16.2. The van der Waals surface area contributed by atoms with Crippen molar-refractivity contribution in [3.05, 3.63) is 47.0 Å². The Labute approximate surface area is 128 Å². The van der Waals surface area contributed by atoms with E-state index >= 15 is 0 Å². The summed E-state index contributed by atoms with van der Waals surface area (Å²) in [7, 11) is 0. The van der Waals surface area contributed by atoms with E-state index in [4.69, 9.17) is 0 Å². The van der Waals surface area contributed by atoms with Gasteiger partial charge in [-0.15, -0.1) is 0 Å². The number of carbonyl (C=O) groups excluding carboxylic acids is 1. The van der Waals surface area contributed by atoms with Crippen LogP contribution >= 0.6 is 0 Å². The van der Waals surface area contributed by atoms with Crippen molar-refractivity contribution in [2.75, 3.05) is 6.54 Å². The fraction of sp³-hybridized carbons (Fsp3) is 0.526. The van der Waals surface area contributed by atoms with E-state index < -0.39 is 0 Å². The molecule has 2 rings (SSSR count). The van der Waals surface area contributed by atoms with Crippen molar-refractivity contribution in [2.24, 2.45) is 5.92 Å². The average molecular weight is 285 g/mol. The van der Waals surface area contributed by atoms with E-state index in [0.29, 0.717) is 5.92 Å². The average Bonchev–Trinajstić information content (AvgIpc) is 2.76.